The van der Waals surface area contributed by atoms with Crippen LogP contribution in [0.1, 0.15) is 0 Å². The van der Waals surface area contributed by atoms with Crippen molar-refractivity contribution in [3.63, 3.8) is 0 Å². The van der Waals surface area contributed by atoms with Gasteiger partial charge in [-0.2, -0.15) is 0 Å². The summed E-state index contributed by atoms with van der Waals surface area (Å²) in [6, 6.07) is -1.58. The Hall–Kier alpha value is -1.68. The molecule has 9 nitrogen and oxygen atoms in total. The van der Waals surface area contributed by atoms with E-state index in [1.807, 2.05) is 0 Å². The van der Waals surface area contributed by atoms with E-state index in [1.54, 1.807) is 0 Å². The summed E-state index contributed by atoms with van der Waals surface area (Å²) in [4.78, 5) is 23.0. The summed E-state index contributed by atoms with van der Waals surface area (Å²) < 4.78 is 4.45. The van der Waals surface area contributed by atoms with Crippen molar-refractivity contribution >= 4 is 11.8 Å². The third-order valence-electron chi connectivity index (χ3n) is 2.56. The van der Waals surface area contributed by atoms with Gasteiger partial charge in [0.2, 0.25) is 11.5 Å². The summed E-state index contributed by atoms with van der Waals surface area (Å²) in [6.07, 6.45) is -2.03. The van der Waals surface area contributed by atoms with Crippen molar-refractivity contribution in [3.8, 4) is 0 Å². The van der Waals surface area contributed by atoms with Crippen molar-refractivity contribution in [2.75, 3.05) is 13.2 Å². The van der Waals surface area contributed by atoms with Gasteiger partial charge >= 0.3 is 5.97 Å². The molecule has 7 N–H and O–H groups in total. The molecule has 9 heteroatoms. The van der Waals surface area contributed by atoms with E-state index in [2.05, 4.69) is 4.74 Å². The minimum Gasteiger partial charge on any atom is -0.505 e. The summed E-state index contributed by atoms with van der Waals surface area (Å²) in [5.74, 6) is -5.20. The lowest BCUT2D eigenvalue weighted by Gasteiger charge is -2.31. The molecular weight excluding hydrogens is 250 g/mol. The van der Waals surface area contributed by atoms with Gasteiger partial charge in [0.25, 0.3) is 5.60 Å². The molecule has 0 aromatic carbocycles. The predicted octanol–water partition coefficient (Wildman–Crippen LogP) is -3.15. The van der Waals surface area contributed by atoms with E-state index < -0.39 is 54.2 Å². The van der Waals surface area contributed by atoms with Gasteiger partial charge in [0.15, 0.2) is 5.76 Å². The number of ketones is 1. The number of esters is 1. The Balaban J connectivity index is 3.31. The average Bonchev–Trinajstić information content (AvgIpc) is 2.61. The van der Waals surface area contributed by atoms with E-state index in [4.69, 9.17) is 21.1 Å². The number of Topliss-reactive ketones (excluding diaryl/α,β-unsaturated/α-hetero) is 1. The number of carbonyl (C=O) groups excluding carboxylic acids is 2. The maximum Gasteiger partial charge on any atom is 0.378 e. The normalized spacial score (nSPS) is 27.0. The molecule has 0 saturated carbocycles. The predicted molar refractivity (Wildman–Crippen MR) is 54.3 cm³/mol. The van der Waals surface area contributed by atoms with Crippen molar-refractivity contribution in [1.29, 1.82) is 0 Å². The Morgan fingerprint density at radius 1 is 1.33 bits per heavy atom. The smallest absolute Gasteiger partial charge is 0.378 e. The Kier molecular flexibility index (Phi) is 3.92. The van der Waals surface area contributed by atoms with E-state index >= 15 is 0 Å². The van der Waals surface area contributed by atoms with E-state index in [1.165, 1.54) is 0 Å². The van der Waals surface area contributed by atoms with Crippen molar-refractivity contribution in [3.05, 3.63) is 11.5 Å². The number of cyclic esters (lactones) is 1. The van der Waals surface area contributed by atoms with Gasteiger partial charge in [0.1, 0.15) is 6.10 Å². The Morgan fingerprint density at radius 2 is 1.89 bits per heavy atom. The fourth-order valence-corrected chi connectivity index (χ4v) is 1.56. The van der Waals surface area contributed by atoms with Crippen molar-refractivity contribution in [2.24, 2.45) is 5.73 Å². The fraction of sp³-hybridized carbons (Fsp3) is 0.556. The monoisotopic (exact) mass is 263 g/mol. The number of hydrogen-bond donors (Lipinski definition) is 6. The number of hydrogen-bond acceptors (Lipinski definition) is 9. The van der Waals surface area contributed by atoms with Crippen molar-refractivity contribution < 1.29 is 39.9 Å². The second-order valence-corrected chi connectivity index (χ2v) is 3.67. The molecule has 0 aliphatic carbocycles. The summed E-state index contributed by atoms with van der Waals surface area (Å²) in [5, 5.41) is 45.8. The summed E-state index contributed by atoms with van der Waals surface area (Å²) in [5.41, 5.74) is 2.53. The van der Waals surface area contributed by atoms with Crippen LogP contribution in [0.3, 0.4) is 0 Å². The summed E-state index contributed by atoms with van der Waals surface area (Å²) in [7, 11) is 0. The third-order valence-corrected chi connectivity index (χ3v) is 2.56. The minimum absolute atomic E-state index is 0.843. The van der Waals surface area contributed by atoms with E-state index in [0.29, 0.717) is 0 Å². The molecule has 0 unspecified atom stereocenters. The van der Waals surface area contributed by atoms with E-state index in [9.17, 15) is 19.8 Å². The van der Waals surface area contributed by atoms with Crippen LogP contribution < -0.4 is 5.73 Å². The van der Waals surface area contributed by atoms with Crippen molar-refractivity contribution in [1.82, 2.24) is 0 Å². The molecule has 0 saturated heterocycles. The van der Waals surface area contributed by atoms with Crippen LogP contribution in [0, 0.1) is 0 Å². The second kappa shape index (κ2) is 4.90. The minimum atomic E-state index is -2.70. The van der Waals surface area contributed by atoms with Crippen LogP contribution in [-0.2, 0) is 14.3 Å². The molecule has 0 radical (unpaired) electrons. The molecule has 0 aromatic heterocycles. The van der Waals surface area contributed by atoms with Crippen LogP contribution in [0.2, 0.25) is 0 Å². The van der Waals surface area contributed by atoms with Gasteiger partial charge in [-0.3, -0.25) is 4.79 Å². The van der Waals surface area contributed by atoms with Gasteiger partial charge in [-0.15, -0.1) is 0 Å². The van der Waals surface area contributed by atoms with E-state index in [0.717, 1.165) is 0 Å². The lowest BCUT2D eigenvalue weighted by atomic mass is 9.86. The Labute approximate surface area is 101 Å². The SMILES string of the molecule is N[C@@H](CO)C(=O)[C@]1([C@@H](O)CO)OC(=O)C(O)=C1O. The first-order valence-electron chi connectivity index (χ1n) is 4.88. The zero-order valence-electron chi connectivity index (χ0n) is 9.11. The molecule has 1 rings (SSSR count). The molecule has 1 aliphatic heterocycles. The first-order chi connectivity index (χ1) is 8.32. The summed E-state index contributed by atoms with van der Waals surface area (Å²) in [6.45, 7) is -1.89. The maximum atomic E-state index is 11.9. The molecule has 0 amide bonds. The highest BCUT2D eigenvalue weighted by molar-refractivity contribution is 6.03. The Morgan fingerprint density at radius 3 is 2.22 bits per heavy atom. The van der Waals surface area contributed by atoms with Gasteiger partial charge < -0.3 is 36.0 Å². The molecule has 0 bridgehead atoms. The van der Waals surface area contributed by atoms with Crippen molar-refractivity contribution in [2.45, 2.75) is 17.7 Å². The number of carbonyl (C=O) groups is 2. The lowest BCUT2D eigenvalue weighted by molar-refractivity contribution is -0.174. The van der Waals surface area contributed by atoms with Crippen LogP contribution in [0.4, 0.5) is 0 Å². The van der Waals surface area contributed by atoms with Gasteiger partial charge in [-0.25, -0.2) is 4.79 Å². The Bertz CT molecular complexity index is 405. The van der Waals surface area contributed by atoms with Gasteiger partial charge in [0.05, 0.1) is 19.3 Å². The number of nitrogens with two attached hydrogens (primary N) is 1. The first kappa shape index (κ1) is 14.4. The largest absolute Gasteiger partial charge is 0.505 e. The van der Waals surface area contributed by atoms with Gasteiger partial charge in [-0.05, 0) is 0 Å². The third kappa shape index (κ3) is 1.82. The average molecular weight is 263 g/mol. The van der Waals surface area contributed by atoms with Crippen LogP contribution >= 0.6 is 0 Å². The highest BCUT2D eigenvalue weighted by atomic mass is 16.6. The maximum absolute atomic E-state index is 11.9. The molecular formula is C9H13NO8. The zero-order valence-corrected chi connectivity index (χ0v) is 9.11. The second-order valence-electron chi connectivity index (χ2n) is 3.67. The number of rotatable bonds is 5. The quantitative estimate of drug-likeness (QED) is 0.280. The highest BCUT2D eigenvalue weighted by Gasteiger charge is 2.60. The van der Waals surface area contributed by atoms with Gasteiger partial charge in [0, 0.05) is 0 Å². The molecule has 0 aromatic rings. The number of aliphatic hydroxyl groups excluding tert-OH is 5. The van der Waals surface area contributed by atoms with Crippen LogP contribution in [0.25, 0.3) is 0 Å². The standard InChI is InChI=1S/C9H13NO8/c10-3(1-11)6(15)9(4(13)2-12)7(16)5(14)8(17)18-9/h3-4,11-14,16H,1-2,10H2/t3-,4-,9-/m0/s1. The molecule has 0 spiro atoms. The topological polar surface area (TPSA) is 171 Å². The zero-order chi connectivity index (χ0) is 14.1. The highest BCUT2D eigenvalue weighted by Crippen LogP contribution is 2.34. The molecule has 18 heavy (non-hydrogen) atoms. The number of ether oxygens (including phenoxy) is 1. The first-order valence-corrected chi connectivity index (χ1v) is 4.88. The van der Waals surface area contributed by atoms with E-state index in [-0.39, 0.29) is 0 Å². The molecule has 3 atom stereocenters. The molecule has 1 heterocycles. The van der Waals surface area contributed by atoms with Crippen LogP contribution in [0.15, 0.2) is 11.5 Å². The van der Waals surface area contributed by atoms with Crippen LogP contribution in [0.5, 0.6) is 0 Å². The fourth-order valence-electron chi connectivity index (χ4n) is 1.56. The molecule has 0 fully saturated rings. The van der Waals surface area contributed by atoms with Crippen LogP contribution in [-0.4, -0.2) is 68.2 Å². The summed E-state index contributed by atoms with van der Waals surface area (Å²) >= 11 is 0. The molecule has 102 valence electrons. The number of aliphatic hydroxyl groups is 5. The van der Waals surface area contributed by atoms with Gasteiger partial charge in [-0.1, -0.05) is 0 Å². The lowest BCUT2D eigenvalue weighted by Crippen LogP contribution is -2.59. The molecule has 1 aliphatic rings.